The lowest BCUT2D eigenvalue weighted by molar-refractivity contribution is -0.384. The Labute approximate surface area is 139 Å². The average molecular weight is 392 g/mol. The van der Waals surface area contributed by atoms with E-state index in [-0.39, 0.29) is 0 Å². The standard InChI is InChI=1S/C8H8O3S.C6H6F6O/c9-12(10,11)7-6-8-4-2-1-3-5-8;1-2-3-4(7,8)5(9,13)6(10,11)12/h1-7H,(H,9,10,11);2,13H,1,3H2. The Bertz CT molecular complexity index is 681. The first kappa shape index (κ1) is 23.1. The van der Waals surface area contributed by atoms with E-state index in [1.165, 1.54) is 6.08 Å². The van der Waals surface area contributed by atoms with E-state index in [9.17, 15) is 34.8 Å². The molecule has 0 spiro atoms. The topological polar surface area (TPSA) is 74.6 Å². The molecule has 0 saturated heterocycles. The number of hydrogen-bond donors (Lipinski definition) is 2. The van der Waals surface area contributed by atoms with Gasteiger partial charge in [-0.3, -0.25) is 4.55 Å². The molecule has 142 valence electrons. The summed E-state index contributed by atoms with van der Waals surface area (Å²) in [5, 5.41) is 8.67. The van der Waals surface area contributed by atoms with Crippen LogP contribution in [0.5, 0.6) is 0 Å². The van der Waals surface area contributed by atoms with Gasteiger partial charge in [0.1, 0.15) is 0 Å². The molecule has 25 heavy (non-hydrogen) atoms. The second-order valence-corrected chi connectivity index (χ2v) is 5.85. The van der Waals surface area contributed by atoms with Gasteiger partial charge in [0.25, 0.3) is 10.1 Å². The van der Waals surface area contributed by atoms with E-state index in [1.807, 2.05) is 6.07 Å². The third-order valence-corrected chi connectivity index (χ3v) is 2.97. The molecule has 1 unspecified atom stereocenters. The highest BCUT2D eigenvalue weighted by molar-refractivity contribution is 7.88. The molecule has 0 bridgehead atoms. The van der Waals surface area contributed by atoms with Crippen molar-refractivity contribution in [2.75, 3.05) is 0 Å². The summed E-state index contributed by atoms with van der Waals surface area (Å²) in [6, 6.07) is 8.86. The molecular formula is C14H14F6O4S. The average Bonchev–Trinajstić information content (AvgIpc) is 2.45. The molecule has 0 aromatic heterocycles. The van der Waals surface area contributed by atoms with Gasteiger partial charge in [-0.25, -0.2) is 0 Å². The van der Waals surface area contributed by atoms with Gasteiger partial charge in [0.15, 0.2) is 0 Å². The summed E-state index contributed by atoms with van der Waals surface area (Å²) in [6.07, 6.45) is -5.91. The van der Waals surface area contributed by atoms with Gasteiger partial charge in [0.2, 0.25) is 0 Å². The molecule has 0 radical (unpaired) electrons. The Hall–Kier alpha value is -1.85. The van der Waals surface area contributed by atoms with Crippen molar-refractivity contribution in [3.63, 3.8) is 0 Å². The molecule has 1 atom stereocenters. The van der Waals surface area contributed by atoms with Gasteiger partial charge in [-0.15, -0.1) is 6.58 Å². The van der Waals surface area contributed by atoms with E-state index in [2.05, 4.69) is 6.58 Å². The van der Waals surface area contributed by atoms with Crippen molar-refractivity contribution in [3.05, 3.63) is 54.0 Å². The van der Waals surface area contributed by atoms with Crippen LogP contribution in [-0.2, 0) is 10.1 Å². The summed E-state index contributed by atoms with van der Waals surface area (Å²) in [5.74, 6) is -10.4. The first-order valence-electron chi connectivity index (χ1n) is 6.31. The molecule has 11 heteroatoms. The summed E-state index contributed by atoms with van der Waals surface area (Å²) in [4.78, 5) is 0. The summed E-state index contributed by atoms with van der Waals surface area (Å²) in [6.45, 7) is 2.72. The minimum atomic E-state index is -6.03. The first-order valence-corrected chi connectivity index (χ1v) is 7.82. The van der Waals surface area contributed by atoms with Gasteiger partial charge in [0, 0.05) is 6.42 Å². The van der Waals surface area contributed by atoms with Crippen LogP contribution in [0.2, 0.25) is 0 Å². The molecule has 0 saturated carbocycles. The number of alkyl halides is 6. The quantitative estimate of drug-likeness (QED) is 0.452. The lowest BCUT2D eigenvalue weighted by Gasteiger charge is -2.29. The second-order valence-electron chi connectivity index (χ2n) is 4.55. The number of hydrogen-bond acceptors (Lipinski definition) is 3. The van der Waals surface area contributed by atoms with Gasteiger partial charge in [-0.2, -0.15) is 34.8 Å². The molecule has 0 amide bonds. The summed E-state index contributed by atoms with van der Waals surface area (Å²) in [5.41, 5.74) is 0.732. The predicted molar refractivity (Wildman–Crippen MR) is 78.9 cm³/mol. The minimum absolute atomic E-state index is 0.385. The smallest absolute Gasteiger partial charge is 0.350 e. The second kappa shape index (κ2) is 8.50. The van der Waals surface area contributed by atoms with Crippen LogP contribution >= 0.6 is 0 Å². The zero-order chi connectivity index (χ0) is 19.9. The highest BCUT2D eigenvalue weighted by atomic mass is 32.2. The summed E-state index contributed by atoms with van der Waals surface area (Å²) < 4.78 is 100. The Morgan fingerprint density at radius 1 is 1.04 bits per heavy atom. The van der Waals surface area contributed by atoms with Crippen molar-refractivity contribution < 1.29 is 44.4 Å². The van der Waals surface area contributed by atoms with E-state index in [4.69, 9.17) is 9.66 Å². The van der Waals surface area contributed by atoms with Gasteiger partial charge >= 0.3 is 18.0 Å². The van der Waals surface area contributed by atoms with Crippen LogP contribution in [-0.4, -0.2) is 36.0 Å². The van der Waals surface area contributed by atoms with Crippen molar-refractivity contribution in [1.82, 2.24) is 0 Å². The van der Waals surface area contributed by atoms with Crippen LogP contribution in [0.4, 0.5) is 26.3 Å². The normalized spacial score (nSPS) is 15.2. The molecule has 4 nitrogen and oxygen atoms in total. The van der Waals surface area contributed by atoms with Crippen LogP contribution < -0.4 is 0 Å². The maximum absolute atomic E-state index is 12.3. The summed E-state index contributed by atoms with van der Waals surface area (Å²) in [7, 11) is -4.00. The fourth-order valence-electron chi connectivity index (χ4n) is 1.25. The summed E-state index contributed by atoms with van der Waals surface area (Å²) >= 11 is 0. The minimum Gasteiger partial charge on any atom is -0.350 e. The Balaban J connectivity index is 0.000000462. The van der Waals surface area contributed by atoms with Crippen LogP contribution in [0.1, 0.15) is 12.0 Å². The van der Waals surface area contributed by atoms with Gasteiger partial charge in [-0.05, 0) is 11.6 Å². The zero-order valence-corrected chi connectivity index (χ0v) is 13.2. The van der Waals surface area contributed by atoms with E-state index in [0.29, 0.717) is 6.08 Å². The van der Waals surface area contributed by atoms with Crippen molar-refractivity contribution in [2.24, 2.45) is 0 Å². The molecule has 0 fully saturated rings. The van der Waals surface area contributed by atoms with E-state index in [1.54, 1.807) is 24.3 Å². The number of allylic oxidation sites excluding steroid dienone is 1. The molecule has 0 heterocycles. The maximum atomic E-state index is 12.3. The largest absolute Gasteiger partial charge is 0.454 e. The molecule has 2 N–H and O–H groups in total. The number of benzene rings is 1. The molecule has 1 rings (SSSR count). The van der Waals surface area contributed by atoms with Crippen LogP contribution in [0, 0.1) is 0 Å². The molecule has 1 aromatic rings. The van der Waals surface area contributed by atoms with Crippen molar-refractivity contribution in [1.29, 1.82) is 0 Å². The highest BCUT2D eigenvalue weighted by Gasteiger charge is 2.70. The lowest BCUT2D eigenvalue weighted by Crippen LogP contribution is -2.55. The van der Waals surface area contributed by atoms with E-state index < -0.39 is 34.5 Å². The van der Waals surface area contributed by atoms with Gasteiger partial charge in [0.05, 0.1) is 5.41 Å². The number of aliphatic hydroxyl groups is 1. The molecular weight excluding hydrogens is 378 g/mol. The number of rotatable bonds is 5. The monoisotopic (exact) mass is 392 g/mol. The SMILES string of the molecule is C=CCC(F)(F)C(O)(F)C(F)(F)F.O=S(=O)(O)C=Cc1ccccc1. The predicted octanol–water partition coefficient (Wildman–Crippen LogP) is 3.96. The lowest BCUT2D eigenvalue weighted by atomic mass is 10.1. The number of halogens is 6. The Morgan fingerprint density at radius 2 is 1.52 bits per heavy atom. The molecule has 1 aromatic carbocycles. The maximum Gasteiger partial charge on any atom is 0.454 e. The van der Waals surface area contributed by atoms with E-state index >= 15 is 0 Å². The first-order chi connectivity index (χ1) is 11.1. The zero-order valence-electron chi connectivity index (χ0n) is 12.4. The fraction of sp³-hybridized carbons (Fsp3) is 0.286. The van der Waals surface area contributed by atoms with Gasteiger partial charge < -0.3 is 5.11 Å². The van der Waals surface area contributed by atoms with Crippen molar-refractivity contribution >= 4 is 16.2 Å². The van der Waals surface area contributed by atoms with Crippen LogP contribution in [0.3, 0.4) is 0 Å². The highest BCUT2D eigenvalue weighted by Crippen LogP contribution is 2.44. The molecule has 0 aliphatic rings. The van der Waals surface area contributed by atoms with Gasteiger partial charge in [-0.1, -0.05) is 36.4 Å². The van der Waals surface area contributed by atoms with Crippen LogP contribution in [0.15, 0.2) is 48.4 Å². The Morgan fingerprint density at radius 3 is 1.88 bits per heavy atom. The van der Waals surface area contributed by atoms with Crippen molar-refractivity contribution in [2.45, 2.75) is 24.4 Å². The van der Waals surface area contributed by atoms with Crippen LogP contribution in [0.25, 0.3) is 6.08 Å². The van der Waals surface area contributed by atoms with Crippen molar-refractivity contribution in [3.8, 4) is 0 Å². The molecule has 0 aliphatic heterocycles. The fourth-order valence-corrected chi connectivity index (χ4v) is 1.58. The van der Waals surface area contributed by atoms with E-state index in [0.717, 1.165) is 11.0 Å². The Kier molecular flexibility index (Phi) is 7.87. The molecule has 0 aliphatic carbocycles. The third-order valence-electron chi connectivity index (χ3n) is 2.49. The third kappa shape index (κ3) is 7.71.